The Morgan fingerprint density at radius 3 is 2.79 bits per heavy atom. The molecule has 0 bridgehead atoms. The van der Waals surface area contributed by atoms with Crippen molar-refractivity contribution in [3.63, 3.8) is 0 Å². The number of carbonyl (C=O) groups is 1. The van der Waals surface area contributed by atoms with Gasteiger partial charge in [-0.25, -0.2) is 4.39 Å². The van der Waals surface area contributed by atoms with Crippen LogP contribution in [0.3, 0.4) is 0 Å². The lowest BCUT2D eigenvalue weighted by Crippen LogP contribution is -2.27. The van der Waals surface area contributed by atoms with Crippen molar-refractivity contribution in [2.45, 2.75) is 19.9 Å². The molecule has 3 nitrogen and oxygen atoms in total. The molecule has 7 heteroatoms. The van der Waals surface area contributed by atoms with E-state index in [4.69, 9.17) is 23.8 Å². The summed E-state index contributed by atoms with van der Waals surface area (Å²) in [6.45, 7) is 3.04. The number of aryl methyl sites for hydroxylation is 1. The quantitative estimate of drug-likeness (QED) is 0.361. The third kappa shape index (κ3) is 3.36. The first kappa shape index (κ1) is 19.2. The highest BCUT2D eigenvalue weighted by molar-refractivity contribution is 8.27. The van der Waals surface area contributed by atoms with Crippen LogP contribution in [0.25, 0.3) is 17.0 Å². The van der Waals surface area contributed by atoms with Crippen LogP contribution in [0.4, 0.5) is 10.1 Å². The maximum atomic E-state index is 13.5. The molecule has 1 saturated heterocycles. The van der Waals surface area contributed by atoms with E-state index in [0.717, 1.165) is 29.4 Å². The summed E-state index contributed by atoms with van der Waals surface area (Å²) < 4.78 is 16.1. The summed E-state index contributed by atoms with van der Waals surface area (Å²) in [6.07, 6.45) is 4.96. The molecule has 2 aromatic carbocycles. The van der Waals surface area contributed by atoms with Crippen molar-refractivity contribution in [1.29, 1.82) is 0 Å². The Morgan fingerprint density at radius 2 is 2.04 bits per heavy atom. The summed E-state index contributed by atoms with van der Waals surface area (Å²) in [7, 11) is 0. The summed E-state index contributed by atoms with van der Waals surface area (Å²) in [5, 5.41) is 1.05. The second-order valence-electron chi connectivity index (χ2n) is 6.41. The first-order valence-electron chi connectivity index (χ1n) is 8.80. The smallest absolute Gasteiger partial charge is 0.270 e. The molecule has 0 spiro atoms. The second kappa shape index (κ2) is 7.70. The van der Waals surface area contributed by atoms with E-state index >= 15 is 0 Å². The van der Waals surface area contributed by atoms with Crippen molar-refractivity contribution in [2.24, 2.45) is 0 Å². The minimum absolute atomic E-state index is 0.0434. The van der Waals surface area contributed by atoms with Gasteiger partial charge < -0.3 is 4.57 Å². The molecule has 1 fully saturated rings. The number of rotatable bonds is 4. The lowest BCUT2D eigenvalue weighted by molar-refractivity contribution is -0.113. The number of para-hydroxylation sites is 1. The number of anilines is 1. The Labute approximate surface area is 176 Å². The number of fused-ring (bicyclic) bond motifs is 1. The van der Waals surface area contributed by atoms with E-state index in [1.165, 1.54) is 34.9 Å². The SMILES string of the molecule is CCCn1cc(/C=C2\SC(=S)N(c3ccc(F)c(Cl)c3)C2=O)c2ccccc21. The van der Waals surface area contributed by atoms with E-state index in [1.54, 1.807) is 0 Å². The highest BCUT2D eigenvalue weighted by Gasteiger charge is 2.33. The molecule has 0 unspecified atom stereocenters. The van der Waals surface area contributed by atoms with Crippen LogP contribution >= 0.6 is 35.6 Å². The van der Waals surface area contributed by atoms with E-state index < -0.39 is 5.82 Å². The van der Waals surface area contributed by atoms with Gasteiger partial charge in [0.05, 0.1) is 15.6 Å². The lowest BCUT2D eigenvalue weighted by atomic mass is 10.1. The highest BCUT2D eigenvalue weighted by Crippen LogP contribution is 2.38. The van der Waals surface area contributed by atoms with Crippen molar-refractivity contribution < 1.29 is 9.18 Å². The van der Waals surface area contributed by atoms with Crippen molar-refractivity contribution in [3.05, 3.63) is 70.0 Å². The van der Waals surface area contributed by atoms with E-state index in [0.29, 0.717) is 14.9 Å². The third-order valence-electron chi connectivity index (χ3n) is 4.53. The maximum Gasteiger partial charge on any atom is 0.270 e. The minimum atomic E-state index is -0.532. The molecule has 28 heavy (non-hydrogen) atoms. The number of hydrogen-bond donors (Lipinski definition) is 0. The summed E-state index contributed by atoms with van der Waals surface area (Å²) in [4.78, 5) is 14.9. The predicted octanol–water partition coefficient (Wildman–Crippen LogP) is 6.25. The van der Waals surface area contributed by atoms with E-state index in [1.807, 2.05) is 24.3 Å². The van der Waals surface area contributed by atoms with Crippen molar-refractivity contribution >= 4 is 68.5 Å². The number of thioether (sulfide) groups is 1. The molecule has 4 rings (SSSR count). The Morgan fingerprint density at radius 1 is 1.25 bits per heavy atom. The Balaban J connectivity index is 1.73. The van der Waals surface area contributed by atoms with Crippen LogP contribution < -0.4 is 4.90 Å². The number of nitrogens with zero attached hydrogens (tertiary/aromatic N) is 2. The molecule has 3 aromatic rings. The molecular formula is C21H16ClFN2OS2. The molecule has 0 radical (unpaired) electrons. The molecule has 1 aliphatic heterocycles. The zero-order valence-corrected chi connectivity index (χ0v) is 17.4. The Bertz CT molecular complexity index is 1140. The van der Waals surface area contributed by atoms with Crippen LogP contribution in [0.5, 0.6) is 0 Å². The average Bonchev–Trinajstić information content (AvgIpc) is 3.16. The van der Waals surface area contributed by atoms with Gasteiger partial charge in [-0.3, -0.25) is 9.69 Å². The Hall–Kier alpha value is -2.15. The molecule has 0 aliphatic carbocycles. The Kier molecular flexibility index (Phi) is 5.27. The maximum absolute atomic E-state index is 13.5. The van der Waals surface area contributed by atoms with Crippen LogP contribution in [0.1, 0.15) is 18.9 Å². The number of carbonyl (C=O) groups excluding carboxylic acids is 1. The largest absolute Gasteiger partial charge is 0.347 e. The number of thiocarbonyl (C=S) groups is 1. The topological polar surface area (TPSA) is 25.2 Å². The number of halogens is 2. The van der Waals surface area contributed by atoms with Gasteiger partial charge in [0.15, 0.2) is 4.32 Å². The summed E-state index contributed by atoms with van der Waals surface area (Å²) in [5.41, 5.74) is 2.57. The summed E-state index contributed by atoms with van der Waals surface area (Å²) >= 11 is 12.5. The molecule has 1 aliphatic rings. The van der Waals surface area contributed by atoms with Crippen LogP contribution in [0, 0.1) is 5.82 Å². The molecule has 142 valence electrons. The van der Waals surface area contributed by atoms with Crippen LogP contribution in [0.2, 0.25) is 5.02 Å². The van der Waals surface area contributed by atoms with Gasteiger partial charge in [-0.2, -0.15) is 0 Å². The minimum Gasteiger partial charge on any atom is -0.347 e. The first-order chi connectivity index (χ1) is 13.5. The molecule has 2 heterocycles. The van der Waals surface area contributed by atoms with Crippen LogP contribution in [-0.2, 0) is 11.3 Å². The molecule has 0 N–H and O–H groups in total. The van der Waals surface area contributed by atoms with Gasteiger partial charge in [0.1, 0.15) is 5.82 Å². The summed E-state index contributed by atoms with van der Waals surface area (Å²) in [6, 6.07) is 12.3. The molecule has 1 amide bonds. The number of hydrogen-bond acceptors (Lipinski definition) is 3. The number of amides is 1. The van der Waals surface area contributed by atoms with Gasteiger partial charge in [0.2, 0.25) is 0 Å². The van der Waals surface area contributed by atoms with Crippen LogP contribution in [-0.4, -0.2) is 14.8 Å². The molecule has 1 aromatic heterocycles. The first-order valence-corrected chi connectivity index (χ1v) is 10.4. The van der Waals surface area contributed by atoms with Crippen molar-refractivity contribution in [2.75, 3.05) is 4.90 Å². The predicted molar refractivity (Wildman–Crippen MR) is 119 cm³/mol. The number of aromatic nitrogens is 1. The second-order valence-corrected chi connectivity index (χ2v) is 8.49. The average molecular weight is 431 g/mol. The third-order valence-corrected chi connectivity index (χ3v) is 6.12. The highest BCUT2D eigenvalue weighted by atomic mass is 35.5. The monoisotopic (exact) mass is 430 g/mol. The van der Waals surface area contributed by atoms with Gasteiger partial charge in [-0.05, 0) is 36.8 Å². The zero-order chi connectivity index (χ0) is 19.8. The van der Waals surface area contributed by atoms with Gasteiger partial charge in [0, 0.05) is 29.2 Å². The van der Waals surface area contributed by atoms with Crippen molar-refractivity contribution in [3.8, 4) is 0 Å². The standard InChI is InChI=1S/C21H16ClFN2OS2/c1-2-9-24-12-13(15-5-3-4-6-18(15)24)10-19-20(26)25(21(27)28-19)14-7-8-17(23)16(22)11-14/h3-8,10-12H,2,9H2,1H3/b19-10-. The number of benzene rings is 2. The normalized spacial score (nSPS) is 16.0. The van der Waals surface area contributed by atoms with Gasteiger partial charge in [-0.15, -0.1) is 0 Å². The van der Waals surface area contributed by atoms with Gasteiger partial charge in [-0.1, -0.05) is 60.7 Å². The van der Waals surface area contributed by atoms with Gasteiger partial charge >= 0.3 is 0 Å². The summed E-state index contributed by atoms with van der Waals surface area (Å²) in [5.74, 6) is -0.764. The fourth-order valence-electron chi connectivity index (χ4n) is 3.27. The molecular weight excluding hydrogens is 415 g/mol. The van der Waals surface area contributed by atoms with Crippen LogP contribution in [0.15, 0.2) is 53.6 Å². The van der Waals surface area contributed by atoms with Crippen molar-refractivity contribution in [1.82, 2.24) is 4.57 Å². The van der Waals surface area contributed by atoms with Gasteiger partial charge in [0.25, 0.3) is 5.91 Å². The fraction of sp³-hybridized carbons (Fsp3) is 0.143. The molecule has 0 atom stereocenters. The van der Waals surface area contributed by atoms with E-state index in [2.05, 4.69) is 23.8 Å². The molecule has 0 saturated carbocycles. The van der Waals surface area contributed by atoms with E-state index in [9.17, 15) is 9.18 Å². The lowest BCUT2D eigenvalue weighted by Gasteiger charge is -2.14. The zero-order valence-electron chi connectivity index (χ0n) is 15.0. The van der Waals surface area contributed by atoms with E-state index in [-0.39, 0.29) is 10.9 Å². The fourth-order valence-corrected chi connectivity index (χ4v) is 4.74.